The normalized spacial score (nSPS) is 11.7. The number of aliphatic hydroxyl groups is 1. The molecule has 0 amide bonds. The highest BCUT2D eigenvalue weighted by atomic mass is 16.5. The Morgan fingerprint density at radius 2 is 2.50 bits per heavy atom. The van der Waals surface area contributed by atoms with Crippen LogP contribution in [0.25, 0.3) is 0 Å². The molecular formula is C6H9NO3. The molecule has 0 aliphatic rings. The van der Waals surface area contributed by atoms with Crippen LogP contribution in [0.3, 0.4) is 0 Å². The predicted octanol–water partition coefficient (Wildman–Crippen LogP) is -0.176. The first-order valence-electron chi connectivity index (χ1n) is 2.82. The lowest BCUT2D eigenvalue weighted by Gasteiger charge is -2.02. The van der Waals surface area contributed by atoms with Gasteiger partial charge in [0.2, 0.25) is 0 Å². The SMILES string of the molecule is COC(=O)C[C@H](O)CC#N. The van der Waals surface area contributed by atoms with Gasteiger partial charge in [0, 0.05) is 0 Å². The summed E-state index contributed by atoms with van der Waals surface area (Å²) in [5.41, 5.74) is 0. The smallest absolute Gasteiger partial charge is 0.308 e. The van der Waals surface area contributed by atoms with Crippen molar-refractivity contribution in [1.82, 2.24) is 0 Å². The number of ether oxygens (including phenoxy) is 1. The average molecular weight is 143 g/mol. The van der Waals surface area contributed by atoms with Crippen molar-refractivity contribution < 1.29 is 14.6 Å². The van der Waals surface area contributed by atoms with Crippen LogP contribution in [0.15, 0.2) is 0 Å². The number of methoxy groups -OCH3 is 1. The van der Waals surface area contributed by atoms with E-state index in [0.717, 1.165) is 0 Å². The molecule has 0 radical (unpaired) electrons. The van der Waals surface area contributed by atoms with Crippen molar-refractivity contribution in [2.75, 3.05) is 7.11 Å². The summed E-state index contributed by atoms with van der Waals surface area (Å²) < 4.78 is 4.26. The summed E-state index contributed by atoms with van der Waals surface area (Å²) in [6.07, 6.45) is -1.03. The van der Waals surface area contributed by atoms with Crippen LogP contribution in [0.4, 0.5) is 0 Å². The van der Waals surface area contributed by atoms with Crippen molar-refractivity contribution in [3.05, 3.63) is 0 Å². The molecule has 0 saturated carbocycles. The Labute approximate surface area is 59.0 Å². The number of aliphatic hydroxyl groups excluding tert-OH is 1. The molecule has 1 atom stereocenters. The van der Waals surface area contributed by atoms with Crippen LogP contribution in [-0.4, -0.2) is 24.3 Å². The summed E-state index contributed by atoms with van der Waals surface area (Å²) >= 11 is 0. The fourth-order valence-corrected chi connectivity index (χ4v) is 0.453. The van der Waals surface area contributed by atoms with E-state index in [1.165, 1.54) is 7.11 Å². The van der Waals surface area contributed by atoms with Crippen molar-refractivity contribution in [2.45, 2.75) is 18.9 Å². The molecule has 4 nitrogen and oxygen atoms in total. The van der Waals surface area contributed by atoms with Crippen LogP contribution < -0.4 is 0 Å². The summed E-state index contributed by atoms with van der Waals surface area (Å²) in [5.74, 6) is -0.497. The molecule has 0 saturated heterocycles. The molecule has 0 aliphatic heterocycles. The first-order valence-corrected chi connectivity index (χ1v) is 2.82. The molecule has 0 heterocycles. The molecule has 0 aromatic rings. The van der Waals surface area contributed by atoms with Crippen LogP contribution in [0, 0.1) is 11.3 Å². The number of carbonyl (C=O) groups excluding carboxylic acids is 1. The van der Waals surface area contributed by atoms with Gasteiger partial charge in [0.15, 0.2) is 0 Å². The standard InChI is InChI=1S/C6H9NO3/c1-10-6(9)4-5(8)2-3-7/h5,8H,2,4H2,1H3/t5-/m1/s1. The quantitative estimate of drug-likeness (QED) is 0.556. The van der Waals surface area contributed by atoms with Crippen molar-refractivity contribution in [3.63, 3.8) is 0 Å². The Balaban J connectivity index is 3.49. The molecule has 56 valence electrons. The first kappa shape index (κ1) is 8.92. The molecule has 0 aromatic carbocycles. The maximum atomic E-state index is 10.4. The minimum atomic E-state index is -0.891. The fourth-order valence-electron chi connectivity index (χ4n) is 0.453. The van der Waals surface area contributed by atoms with Crippen LogP contribution in [0.2, 0.25) is 0 Å². The van der Waals surface area contributed by atoms with Gasteiger partial charge in [0.25, 0.3) is 0 Å². The zero-order valence-corrected chi connectivity index (χ0v) is 5.70. The Bertz CT molecular complexity index is 150. The second-order valence-electron chi connectivity index (χ2n) is 1.80. The zero-order valence-electron chi connectivity index (χ0n) is 5.70. The number of rotatable bonds is 3. The Morgan fingerprint density at radius 1 is 1.90 bits per heavy atom. The van der Waals surface area contributed by atoms with Gasteiger partial charge < -0.3 is 9.84 Å². The number of nitriles is 1. The summed E-state index contributed by atoms with van der Waals surface area (Å²) in [7, 11) is 1.24. The highest BCUT2D eigenvalue weighted by Crippen LogP contribution is 1.96. The molecule has 0 rings (SSSR count). The number of hydrogen-bond donors (Lipinski definition) is 1. The molecular weight excluding hydrogens is 134 g/mol. The minimum Gasteiger partial charge on any atom is -0.469 e. The van der Waals surface area contributed by atoms with E-state index in [9.17, 15) is 4.79 Å². The van der Waals surface area contributed by atoms with E-state index in [4.69, 9.17) is 10.4 Å². The van der Waals surface area contributed by atoms with E-state index in [2.05, 4.69) is 4.74 Å². The van der Waals surface area contributed by atoms with Gasteiger partial charge in [-0.15, -0.1) is 0 Å². The van der Waals surface area contributed by atoms with Crippen LogP contribution >= 0.6 is 0 Å². The van der Waals surface area contributed by atoms with Gasteiger partial charge >= 0.3 is 5.97 Å². The third-order valence-corrected chi connectivity index (χ3v) is 0.957. The third-order valence-electron chi connectivity index (χ3n) is 0.957. The highest BCUT2D eigenvalue weighted by Gasteiger charge is 2.09. The van der Waals surface area contributed by atoms with E-state index in [1.807, 2.05) is 0 Å². The summed E-state index contributed by atoms with van der Waals surface area (Å²) in [5, 5.41) is 16.9. The Morgan fingerprint density at radius 3 is 2.90 bits per heavy atom. The van der Waals surface area contributed by atoms with Crippen LogP contribution in [0.1, 0.15) is 12.8 Å². The van der Waals surface area contributed by atoms with Crippen LogP contribution in [0.5, 0.6) is 0 Å². The van der Waals surface area contributed by atoms with E-state index >= 15 is 0 Å². The average Bonchev–Trinajstić information content (AvgIpc) is 1.88. The second-order valence-corrected chi connectivity index (χ2v) is 1.80. The number of carbonyl (C=O) groups is 1. The lowest BCUT2D eigenvalue weighted by atomic mass is 10.2. The van der Waals surface area contributed by atoms with E-state index in [0.29, 0.717) is 0 Å². The topological polar surface area (TPSA) is 70.3 Å². The van der Waals surface area contributed by atoms with Crippen molar-refractivity contribution in [1.29, 1.82) is 5.26 Å². The zero-order chi connectivity index (χ0) is 7.98. The molecule has 0 aliphatic carbocycles. The van der Waals surface area contributed by atoms with Gasteiger partial charge in [-0.2, -0.15) is 5.26 Å². The van der Waals surface area contributed by atoms with Crippen molar-refractivity contribution in [3.8, 4) is 6.07 Å². The van der Waals surface area contributed by atoms with E-state index in [-0.39, 0.29) is 12.8 Å². The van der Waals surface area contributed by atoms with E-state index in [1.54, 1.807) is 6.07 Å². The molecule has 4 heteroatoms. The lowest BCUT2D eigenvalue weighted by Crippen LogP contribution is -2.13. The largest absolute Gasteiger partial charge is 0.469 e. The lowest BCUT2D eigenvalue weighted by molar-refractivity contribution is -0.142. The fraction of sp³-hybridized carbons (Fsp3) is 0.667. The van der Waals surface area contributed by atoms with Gasteiger partial charge in [-0.3, -0.25) is 4.79 Å². The van der Waals surface area contributed by atoms with Gasteiger partial charge in [0.05, 0.1) is 32.1 Å². The summed E-state index contributed by atoms with van der Waals surface area (Å²) in [6, 6.07) is 1.74. The van der Waals surface area contributed by atoms with Crippen LogP contribution in [-0.2, 0) is 9.53 Å². The van der Waals surface area contributed by atoms with Gasteiger partial charge in [-0.05, 0) is 0 Å². The Hall–Kier alpha value is -1.08. The maximum Gasteiger partial charge on any atom is 0.308 e. The summed E-state index contributed by atoms with van der Waals surface area (Å²) in [4.78, 5) is 10.4. The van der Waals surface area contributed by atoms with Gasteiger partial charge in [-0.1, -0.05) is 0 Å². The monoisotopic (exact) mass is 143 g/mol. The highest BCUT2D eigenvalue weighted by molar-refractivity contribution is 5.69. The maximum absolute atomic E-state index is 10.4. The molecule has 0 unspecified atom stereocenters. The third kappa shape index (κ3) is 3.87. The van der Waals surface area contributed by atoms with Gasteiger partial charge in [-0.25, -0.2) is 0 Å². The molecule has 0 aromatic heterocycles. The van der Waals surface area contributed by atoms with Crippen molar-refractivity contribution in [2.24, 2.45) is 0 Å². The predicted molar refractivity (Wildman–Crippen MR) is 32.9 cm³/mol. The Kier molecular flexibility index (Phi) is 4.25. The molecule has 0 fully saturated rings. The molecule has 0 bridgehead atoms. The summed E-state index contributed by atoms with van der Waals surface area (Å²) in [6.45, 7) is 0. The number of nitrogens with zero attached hydrogens (tertiary/aromatic N) is 1. The molecule has 1 N–H and O–H groups in total. The molecule has 10 heavy (non-hydrogen) atoms. The number of hydrogen-bond acceptors (Lipinski definition) is 4. The van der Waals surface area contributed by atoms with E-state index < -0.39 is 12.1 Å². The van der Waals surface area contributed by atoms with Crippen molar-refractivity contribution >= 4 is 5.97 Å². The molecule has 0 spiro atoms. The minimum absolute atomic E-state index is 0.0326. The first-order chi connectivity index (χ1) is 4.70. The van der Waals surface area contributed by atoms with Gasteiger partial charge in [0.1, 0.15) is 0 Å². The number of esters is 1. The second kappa shape index (κ2) is 4.77.